The topological polar surface area (TPSA) is 46.5 Å². The van der Waals surface area contributed by atoms with Crippen LogP contribution in [0, 0.1) is 11.7 Å². The lowest BCUT2D eigenvalue weighted by molar-refractivity contribution is -0.141. The summed E-state index contributed by atoms with van der Waals surface area (Å²) in [6, 6.07) is 2.56. The van der Waals surface area contributed by atoms with Crippen molar-refractivity contribution in [2.75, 3.05) is 7.11 Å². The third kappa shape index (κ3) is 2.85. The molecule has 1 N–H and O–H groups in total. The summed E-state index contributed by atoms with van der Waals surface area (Å²) in [5.41, 5.74) is 0.278. The highest BCUT2D eigenvalue weighted by Gasteiger charge is 2.16. The van der Waals surface area contributed by atoms with Gasteiger partial charge in [-0.25, -0.2) is 4.39 Å². The summed E-state index contributed by atoms with van der Waals surface area (Å²) in [4.78, 5) is 10.6. The van der Waals surface area contributed by atoms with Gasteiger partial charge in [0, 0.05) is 6.07 Å². The van der Waals surface area contributed by atoms with Gasteiger partial charge in [0.15, 0.2) is 0 Å². The fraction of sp³-hybridized carbons (Fsp3) is 0.364. The zero-order valence-corrected chi connectivity index (χ0v) is 9.71. The first-order valence-corrected chi connectivity index (χ1v) is 5.08. The summed E-state index contributed by atoms with van der Waals surface area (Å²) in [5.74, 6) is -1.88. The van der Waals surface area contributed by atoms with E-state index in [0.29, 0.717) is 0 Å². The number of rotatable bonds is 4. The molecule has 0 aromatic heterocycles. The van der Waals surface area contributed by atoms with Gasteiger partial charge in [-0.1, -0.05) is 18.5 Å². The molecule has 0 fully saturated rings. The van der Waals surface area contributed by atoms with Crippen LogP contribution in [-0.4, -0.2) is 18.2 Å². The van der Waals surface area contributed by atoms with Crippen LogP contribution in [0.5, 0.6) is 5.75 Å². The fourth-order valence-electron chi connectivity index (χ4n) is 1.30. The fourth-order valence-corrected chi connectivity index (χ4v) is 1.56. The molecule has 1 atom stereocenters. The maximum absolute atomic E-state index is 13.5. The van der Waals surface area contributed by atoms with E-state index in [1.165, 1.54) is 20.1 Å². The van der Waals surface area contributed by atoms with Gasteiger partial charge in [0.1, 0.15) is 11.6 Å². The van der Waals surface area contributed by atoms with Crippen LogP contribution in [0.2, 0.25) is 5.02 Å². The van der Waals surface area contributed by atoms with Crippen molar-refractivity contribution in [1.82, 2.24) is 0 Å². The number of aliphatic carboxylic acids is 1. The maximum atomic E-state index is 13.5. The van der Waals surface area contributed by atoms with Crippen LogP contribution < -0.4 is 4.74 Å². The first-order chi connectivity index (χ1) is 7.45. The van der Waals surface area contributed by atoms with Crippen LogP contribution in [0.25, 0.3) is 0 Å². The van der Waals surface area contributed by atoms with Crippen molar-refractivity contribution in [2.45, 2.75) is 13.3 Å². The van der Waals surface area contributed by atoms with Crippen molar-refractivity contribution in [1.29, 1.82) is 0 Å². The van der Waals surface area contributed by atoms with Crippen LogP contribution in [0.3, 0.4) is 0 Å². The SMILES string of the molecule is COc1cc(F)c(CC(C)C(=O)O)cc1Cl. The number of ether oxygens (including phenoxy) is 1. The second kappa shape index (κ2) is 5.16. The molecule has 0 heterocycles. The molecule has 0 bridgehead atoms. The smallest absolute Gasteiger partial charge is 0.306 e. The highest BCUT2D eigenvalue weighted by Crippen LogP contribution is 2.28. The summed E-state index contributed by atoms with van der Waals surface area (Å²) >= 11 is 5.83. The highest BCUT2D eigenvalue weighted by atomic mass is 35.5. The lowest BCUT2D eigenvalue weighted by atomic mass is 10.0. The Morgan fingerprint density at radius 2 is 2.25 bits per heavy atom. The highest BCUT2D eigenvalue weighted by molar-refractivity contribution is 6.32. The molecule has 0 aliphatic rings. The van der Waals surface area contributed by atoms with Crippen molar-refractivity contribution in [3.05, 3.63) is 28.5 Å². The molecule has 1 unspecified atom stereocenters. The van der Waals surface area contributed by atoms with Crippen LogP contribution in [-0.2, 0) is 11.2 Å². The molecule has 0 aliphatic carbocycles. The normalized spacial score (nSPS) is 12.2. The average molecular weight is 247 g/mol. The van der Waals surface area contributed by atoms with Gasteiger partial charge in [0.2, 0.25) is 0 Å². The molecular formula is C11H12ClFO3. The van der Waals surface area contributed by atoms with Crippen molar-refractivity contribution in [3.63, 3.8) is 0 Å². The number of methoxy groups -OCH3 is 1. The summed E-state index contributed by atoms with van der Waals surface area (Å²) < 4.78 is 18.4. The number of carbonyl (C=O) groups is 1. The summed E-state index contributed by atoms with van der Waals surface area (Å²) in [7, 11) is 1.39. The summed E-state index contributed by atoms with van der Waals surface area (Å²) in [6.07, 6.45) is 0.102. The van der Waals surface area contributed by atoms with Gasteiger partial charge in [0.25, 0.3) is 0 Å². The Hall–Kier alpha value is -1.29. The number of hydrogen-bond acceptors (Lipinski definition) is 2. The van der Waals surface area contributed by atoms with E-state index in [0.717, 1.165) is 6.07 Å². The number of carboxylic acid groups (broad SMARTS) is 1. The third-order valence-electron chi connectivity index (χ3n) is 2.27. The van der Waals surface area contributed by atoms with E-state index in [2.05, 4.69) is 0 Å². The molecule has 0 aliphatic heterocycles. The number of hydrogen-bond donors (Lipinski definition) is 1. The molecule has 0 amide bonds. The molecule has 1 aromatic carbocycles. The van der Waals surface area contributed by atoms with Gasteiger partial charge >= 0.3 is 5.97 Å². The quantitative estimate of drug-likeness (QED) is 0.889. The van der Waals surface area contributed by atoms with Crippen LogP contribution >= 0.6 is 11.6 Å². The van der Waals surface area contributed by atoms with Crippen molar-refractivity contribution >= 4 is 17.6 Å². The van der Waals surface area contributed by atoms with E-state index in [9.17, 15) is 9.18 Å². The Kier molecular flexibility index (Phi) is 4.12. The van der Waals surface area contributed by atoms with Crippen LogP contribution in [0.15, 0.2) is 12.1 Å². The molecule has 0 radical (unpaired) electrons. The van der Waals surface area contributed by atoms with E-state index in [1.807, 2.05) is 0 Å². The van der Waals surface area contributed by atoms with Crippen LogP contribution in [0.4, 0.5) is 4.39 Å². The largest absolute Gasteiger partial charge is 0.495 e. The molecule has 0 saturated heterocycles. The van der Waals surface area contributed by atoms with E-state index < -0.39 is 17.7 Å². The Labute approximate surface area is 97.8 Å². The second-order valence-corrected chi connectivity index (χ2v) is 3.93. The van der Waals surface area contributed by atoms with E-state index in [-0.39, 0.29) is 22.8 Å². The van der Waals surface area contributed by atoms with Gasteiger partial charge in [-0.05, 0) is 18.1 Å². The van der Waals surface area contributed by atoms with E-state index >= 15 is 0 Å². The molecule has 88 valence electrons. The second-order valence-electron chi connectivity index (χ2n) is 3.52. The lowest BCUT2D eigenvalue weighted by Gasteiger charge is -2.10. The van der Waals surface area contributed by atoms with Crippen molar-refractivity contribution in [2.24, 2.45) is 5.92 Å². The maximum Gasteiger partial charge on any atom is 0.306 e. The first kappa shape index (κ1) is 12.8. The first-order valence-electron chi connectivity index (χ1n) is 4.70. The van der Waals surface area contributed by atoms with Crippen LogP contribution in [0.1, 0.15) is 12.5 Å². The van der Waals surface area contributed by atoms with Gasteiger partial charge in [0.05, 0.1) is 18.1 Å². The zero-order chi connectivity index (χ0) is 12.3. The van der Waals surface area contributed by atoms with Gasteiger partial charge in [-0.15, -0.1) is 0 Å². The minimum absolute atomic E-state index is 0.102. The number of carboxylic acids is 1. The summed E-state index contributed by atoms with van der Waals surface area (Å²) in [5, 5.41) is 9.00. The molecule has 0 spiro atoms. The number of halogens is 2. The van der Waals surface area contributed by atoms with Gasteiger partial charge in [-0.2, -0.15) is 0 Å². The van der Waals surface area contributed by atoms with Gasteiger partial charge < -0.3 is 9.84 Å². The summed E-state index contributed by atoms with van der Waals surface area (Å²) in [6.45, 7) is 1.51. The Morgan fingerprint density at radius 1 is 1.62 bits per heavy atom. The molecule has 0 saturated carbocycles. The molecule has 3 nitrogen and oxygen atoms in total. The van der Waals surface area contributed by atoms with Crippen molar-refractivity contribution < 1.29 is 19.0 Å². The Bertz CT molecular complexity index is 406. The predicted octanol–water partition coefficient (Wildman–Crippen LogP) is 2.75. The lowest BCUT2D eigenvalue weighted by Crippen LogP contribution is -2.13. The molecular weight excluding hydrogens is 235 g/mol. The average Bonchev–Trinajstić information content (AvgIpc) is 2.22. The predicted molar refractivity (Wildman–Crippen MR) is 58.5 cm³/mol. The number of benzene rings is 1. The molecule has 16 heavy (non-hydrogen) atoms. The Balaban J connectivity index is 2.98. The monoisotopic (exact) mass is 246 g/mol. The molecule has 1 aromatic rings. The van der Waals surface area contributed by atoms with Gasteiger partial charge in [-0.3, -0.25) is 4.79 Å². The van der Waals surface area contributed by atoms with E-state index in [1.54, 1.807) is 0 Å². The Morgan fingerprint density at radius 3 is 2.75 bits per heavy atom. The minimum Gasteiger partial charge on any atom is -0.495 e. The molecule has 5 heteroatoms. The molecule has 1 rings (SSSR count). The zero-order valence-electron chi connectivity index (χ0n) is 8.96. The standard InChI is InChI=1S/C11H12ClFO3/c1-6(11(14)15)3-7-4-8(12)10(16-2)5-9(7)13/h4-6H,3H2,1-2H3,(H,14,15). The third-order valence-corrected chi connectivity index (χ3v) is 2.56. The van der Waals surface area contributed by atoms with Crippen molar-refractivity contribution in [3.8, 4) is 5.75 Å². The minimum atomic E-state index is -0.966. The van der Waals surface area contributed by atoms with E-state index in [4.69, 9.17) is 21.4 Å².